The van der Waals surface area contributed by atoms with Gasteiger partial charge in [0.25, 0.3) is 0 Å². The molecule has 2 atom stereocenters. The van der Waals surface area contributed by atoms with Crippen molar-refractivity contribution in [3.8, 4) is 0 Å². The number of nitrogens with one attached hydrogen (secondary N) is 1. The molecule has 0 saturated carbocycles. The molecule has 1 aromatic rings. The first-order valence-corrected chi connectivity index (χ1v) is 7.53. The smallest absolute Gasteiger partial charge is 0.242 e. The molecule has 3 N–H and O–H groups in total. The fourth-order valence-corrected chi connectivity index (χ4v) is 2.74. The minimum atomic E-state index is -0.193. The summed E-state index contributed by atoms with van der Waals surface area (Å²) < 4.78 is 4.98. The number of amides is 1. The van der Waals surface area contributed by atoms with Gasteiger partial charge in [0.05, 0.1) is 0 Å². The van der Waals surface area contributed by atoms with E-state index in [4.69, 9.17) is 10.5 Å². The summed E-state index contributed by atoms with van der Waals surface area (Å²) in [5.74, 6) is 0.0522. The molecule has 5 nitrogen and oxygen atoms in total. The molecule has 116 valence electrons. The molecule has 1 aliphatic heterocycles. The molecule has 5 heteroatoms. The number of para-hydroxylation sites is 1. The van der Waals surface area contributed by atoms with E-state index in [0.29, 0.717) is 13.2 Å². The van der Waals surface area contributed by atoms with Crippen LogP contribution in [0.1, 0.15) is 31.4 Å². The van der Waals surface area contributed by atoms with Crippen LogP contribution in [0.3, 0.4) is 0 Å². The fraction of sp³-hybridized carbons (Fsp3) is 0.562. The number of nitrogens with two attached hydrogens (primary N) is 1. The highest BCUT2D eigenvalue weighted by atomic mass is 16.5. The molecule has 21 heavy (non-hydrogen) atoms. The van der Waals surface area contributed by atoms with E-state index in [0.717, 1.165) is 30.6 Å². The number of nitrogens with zero attached hydrogens (tertiary/aromatic N) is 1. The number of benzene rings is 1. The molecule has 0 radical (unpaired) electrons. The lowest BCUT2D eigenvalue weighted by atomic mass is 9.96. The van der Waals surface area contributed by atoms with Crippen molar-refractivity contribution in [1.82, 2.24) is 5.32 Å². The van der Waals surface area contributed by atoms with Crippen molar-refractivity contribution in [3.63, 3.8) is 0 Å². The molecule has 1 heterocycles. The standard InChI is InChI=1S/C16H25N3O2/c1-12(16(20)18-9-5-11-21-2)19-10-8-14(17)13-6-3-4-7-15(13)19/h3-4,6-7,12,14H,5,8-11,17H2,1-2H3,(H,18,20). The van der Waals surface area contributed by atoms with Crippen LogP contribution in [0.2, 0.25) is 0 Å². The van der Waals surface area contributed by atoms with Gasteiger partial charge in [-0.25, -0.2) is 0 Å². The first kappa shape index (κ1) is 15.8. The van der Waals surface area contributed by atoms with E-state index < -0.39 is 0 Å². The third-order valence-corrected chi connectivity index (χ3v) is 4.00. The van der Waals surface area contributed by atoms with Gasteiger partial charge in [0.1, 0.15) is 6.04 Å². The second-order valence-electron chi connectivity index (χ2n) is 5.46. The molecule has 0 spiro atoms. The summed E-state index contributed by atoms with van der Waals surface area (Å²) >= 11 is 0. The predicted molar refractivity (Wildman–Crippen MR) is 84.3 cm³/mol. The van der Waals surface area contributed by atoms with E-state index in [9.17, 15) is 4.79 Å². The van der Waals surface area contributed by atoms with Crippen LogP contribution in [0.4, 0.5) is 5.69 Å². The maximum Gasteiger partial charge on any atom is 0.242 e. The van der Waals surface area contributed by atoms with E-state index in [2.05, 4.69) is 16.3 Å². The zero-order valence-corrected chi connectivity index (χ0v) is 12.8. The Morgan fingerprint density at radius 2 is 2.29 bits per heavy atom. The Balaban J connectivity index is 2.01. The maximum atomic E-state index is 12.3. The number of methoxy groups -OCH3 is 1. The van der Waals surface area contributed by atoms with Crippen LogP contribution in [-0.2, 0) is 9.53 Å². The van der Waals surface area contributed by atoms with Crippen molar-refractivity contribution >= 4 is 11.6 Å². The third-order valence-electron chi connectivity index (χ3n) is 4.00. The molecular weight excluding hydrogens is 266 g/mol. The molecule has 0 aromatic heterocycles. The Morgan fingerprint density at radius 1 is 1.52 bits per heavy atom. The van der Waals surface area contributed by atoms with Crippen LogP contribution in [0.15, 0.2) is 24.3 Å². The topological polar surface area (TPSA) is 67.6 Å². The summed E-state index contributed by atoms with van der Waals surface area (Å²) in [5.41, 5.74) is 8.36. The van der Waals surface area contributed by atoms with Gasteiger partial charge < -0.3 is 20.7 Å². The molecule has 0 fully saturated rings. The lowest BCUT2D eigenvalue weighted by molar-refractivity contribution is -0.122. The van der Waals surface area contributed by atoms with Crippen LogP contribution in [0.5, 0.6) is 0 Å². The average molecular weight is 291 g/mol. The first-order valence-electron chi connectivity index (χ1n) is 7.53. The number of hydrogen-bond acceptors (Lipinski definition) is 4. The Kier molecular flexibility index (Phi) is 5.59. The van der Waals surface area contributed by atoms with Gasteiger partial charge in [-0.15, -0.1) is 0 Å². The number of anilines is 1. The molecule has 1 amide bonds. The van der Waals surface area contributed by atoms with Crippen LogP contribution in [0.25, 0.3) is 0 Å². The Morgan fingerprint density at radius 3 is 3.05 bits per heavy atom. The third kappa shape index (κ3) is 3.74. The monoisotopic (exact) mass is 291 g/mol. The van der Waals surface area contributed by atoms with Crippen molar-refractivity contribution in [2.75, 3.05) is 31.7 Å². The van der Waals surface area contributed by atoms with Gasteiger partial charge in [-0.1, -0.05) is 18.2 Å². The lowest BCUT2D eigenvalue weighted by Gasteiger charge is -2.37. The summed E-state index contributed by atoms with van der Waals surface area (Å²) in [5, 5.41) is 2.96. The second kappa shape index (κ2) is 7.43. The number of fused-ring (bicyclic) bond motifs is 1. The average Bonchev–Trinajstić information content (AvgIpc) is 2.51. The predicted octanol–water partition coefficient (Wildman–Crippen LogP) is 1.44. The van der Waals surface area contributed by atoms with Crippen molar-refractivity contribution < 1.29 is 9.53 Å². The van der Waals surface area contributed by atoms with E-state index in [-0.39, 0.29) is 18.0 Å². The van der Waals surface area contributed by atoms with Crippen LogP contribution < -0.4 is 16.0 Å². The van der Waals surface area contributed by atoms with E-state index in [1.807, 2.05) is 25.1 Å². The molecule has 2 rings (SSSR count). The van der Waals surface area contributed by atoms with Gasteiger partial charge in [-0.2, -0.15) is 0 Å². The van der Waals surface area contributed by atoms with Crippen LogP contribution >= 0.6 is 0 Å². The Hall–Kier alpha value is -1.59. The van der Waals surface area contributed by atoms with Crippen molar-refractivity contribution in [2.45, 2.75) is 31.8 Å². The van der Waals surface area contributed by atoms with Crippen LogP contribution in [0, 0.1) is 0 Å². The second-order valence-corrected chi connectivity index (χ2v) is 5.46. The van der Waals surface area contributed by atoms with Gasteiger partial charge in [-0.3, -0.25) is 4.79 Å². The summed E-state index contributed by atoms with van der Waals surface area (Å²) in [7, 11) is 1.67. The SMILES string of the molecule is COCCCNC(=O)C(C)N1CCC(N)c2ccccc21. The van der Waals surface area contributed by atoms with Gasteiger partial charge in [-0.05, 0) is 31.4 Å². The van der Waals surface area contributed by atoms with E-state index >= 15 is 0 Å². The molecule has 2 unspecified atom stereocenters. The summed E-state index contributed by atoms with van der Waals surface area (Å²) in [6.07, 6.45) is 1.70. The van der Waals surface area contributed by atoms with Gasteiger partial charge in [0.15, 0.2) is 0 Å². The Bertz CT molecular complexity index is 478. The number of carbonyl (C=O) groups is 1. The molecule has 0 saturated heterocycles. The highest BCUT2D eigenvalue weighted by molar-refractivity contribution is 5.85. The highest BCUT2D eigenvalue weighted by Gasteiger charge is 2.28. The molecular formula is C16H25N3O2. The molecule has 1 aromatic carbocycles. The van der Waals surface area contributed by atoms with Crippen molar-refractivity contribution in [1.29, 1.82) is 0 Å². The van der Waals surface area contributed by atoms with Crippen molar-refractivity contribution in [3.05, 3.63) is 29.8 Å². The number of ether oxygens (including phenoxy) is 1. The first-order chi connectivity index (χ1) is 10.1. The maximum absolute atomic E-state index is 12.3. The van der Waals surface area contributed by atoms with Crippen LogP contribution in [-0.4, -0.2) is 38.8 Å². The lowest BCUT2D eigenvalue weighted by Crippen LogP contribution is -2.48. The van der Waals surface area contributed by atoms with Crippen molar-refractivity contribution in [2.24, 2.45) is 5.73 Å². The summed E-state index contributed by atoms with van der Waals surface area (Å²) in [6, 6.07) is 7.96. The van der Waals surface area contributed by atoms with E-state index in [1.54, 1.807) is 7.11 Å². The van der Waals surface area contributed by atoms with Gasteiger partial charge in [0, 0.05) is 38.5 Å². The van der Waals surface area contributed by atoms with Gasteiger partial charge >= 0.3 is 0 Å². The number of carbonyl (C=O) groups excluding carboxylic acids is 1. The minimum Gasteiger partial charge on any atom is -0.385 e. The highest BCUT2D eigenvalue weighted by Crippen LogP contribution is 2.33. The van der Waals surface area contributed by atoms with E-state index in [1.165, 1.54) is 0 Å². The number of rotatable bonds is 6. The molecule has 0 bridgehead atoms. The Labute approximate surface area is 126 Å². The molecule has 1 aliphatic rings. The fourth-order valence-electron chi connectivity index (χ4n) is 2.74. The van der Waals surface area contributed by atoms with Gasteiger partial charge in [0.2, 0.25) is 5.91 Å². The zero-order valence-electron chi connectivity index (χ0n) is 12.8. The summed E-state index contributed by atoms with van der Waals surface area (Å²) in [4.78, 5) is 14.4. The quantitative estimate of drug-likeness (QED) is 0.778. The normalized spacial score (nSPS) is 19.0. The molecule has 0 aliphatic carbocycles. The summed E-state index contributed by atoms with van der Waals surface area (Å²) in [6.45, 7) is 4.06. The largest absolute Gasteiger partial charge is 0.385 e. The zero-order chi connectivity index (χ0) is 15.2. The minimum absolute atomic E-state index is 0.0522. The number of hydrogen-bond donors (Lipinski definition) is 2.